The predicted molar refractivity (Wildman–Crippen MR) is 85.3 cm³/mol. The van der Waals surface area contributed by atoms with Crippen LogP contribution in [0.5, 0.6) is 0 Å². The van der Waals surface area contributed by atoms with E-state index < -0.39 is 29.6 Å². The molecule has 27 heavy (non-hydrogen) atoms. The van der Waals surface area contributed by atoms with Crippen molar-refractivity contribution < 1.29 is 27.5 Å². The Balaban J connectivity index is 2.03. The van der Waals surface area contributed by atoms with Gasteiger partial charge in [0.2, 0.25) is 5.95 Å². The van der Waals surface area contributed by atoms with Crippen LogP contribution in [0.1, 0.15) is 22.9 Å². The Bertz CT molecular complexity index is 1030. The number of carbonyl (C=O) groups is 1. The maximum Gasteiger partial charge on any atom is 0.419 e. The third-order valence-electron chi connectivity index (χ3n) is 3.63. The molecule has 1 aromatic carbocycles. The van der Waals surface area contributed by atoms with Gasteiger partial charge in [0.15, 0.2) is 6.04 Å². The van der Waals surface area contributed by atoms with Gasteiger partial charge in [0, 0.05) is 11.8 Å². The lowest BCUT2D eigenvalue weighted by Gasteiger charge is -2.18. The summed E-state index contributed by atoms with van der Waals surface area (Å²) in [6.45, 7) is 1.61. The minimum absolute atomic E-state index is 0.0951. The molecular formula is C15H12F4N6O2. The summed E-state index contributed by atoms with van der Waals surface area (Å²) in [5.74, 6) is -2.91. The van der Waals surface area contributed by atoms with Gasteiger partial charge in [-0.25, -0.2) is 14.2 Å². The van der Waals surface area contributed by atoms with Gasteiger partial charge in [-0.1, -0.05) is 6.07 Å². The number of nitrogens with zero attached hydrogens (tertiary/aromatic N) is 4. The molecule has 0 amide bonds. The first-order valence-electron chi connectivity index (χ1n) is 7.42. The Morgan fingerprint density at radius 1 is 1.30 bits per heavy atom. The van der Waals surface area contributed by atoms with E-state index in [2.05, 4.69) is 20.4 Å². The van der Waals surface area contributed by atoms with Crippen molar-refractivity contribution in [3.05, 3.63) is 46.9 Å². The SMILES string of the molecule is Cc1cc(N[C@@H](C(=O)O)c2ccc(C(F)(F)F)c(F)c2)n2nc(N)nc2n1. The number of alkyl halides is 3. The lowest BCUT2D eigenvalue weighted by atomic mass is 10.0. The van der Waals surface area contributed by atoms with E-state index in [1.54, 1.807) is 6.92 Å². The van der Waals surface area contributed by atoms with Gasteiger partial charge in [-0.15, -0.1) is 5.10 Å². The van der Waals surface area contributed by atoms with Crippen molar-refractivity contribution in [2.24, 2.45) is 0 Å². The van der Waals surface area contributed by atoms with Gasteiger partial charge in [-0.2, -0.15) is 22.7 Å². The quantitative estimate of drug-likeness (QED) is 0.591. The smallest absolute Gasteiger partial charge is 0.419 e. The average Bonchev–Trinajstić information content (AvgIpc) is 2.90. The van der Waals surface area contributed by atoms with Crippen LogP contribution in [0.4, 0.5) is 29.3 Å². The highest BCUT2D eigenvalue weighted by molar-refractivity contribution is 5.79. The van der Waals surface area contributed by atoms with E-state index in [-0.39, 0.29) is 23.1 Å². The molecule has 0 saturated carbocycles. The number of anilines is 2. The fourth-order valence-electron chi connectivity index (χ4n) is 2.48. The second kappa shape index (κ2) is 6.37. The summed E-state index contributed by atoms with van der Waals surface area (Å²) in [4.78, 5) is 19.6. The summed E-state index contributed by atoms with van der Waals surface area (Å²) >= 11 is 0. The van der Waals surface area contributed by atoms with E-state index in [1.807, 2.05) is 0 Å². The van der Waals surface area contributed by atoms with Gasteiger partial charge in [0.25, 0.3) is 5.78 Å². The van der Waals surface area contributed by atoms with E-state index in [9.17, 15) is 27.5 Å². The molecule has 1 atom stereocenters. The van der Waals surface area contributed by atoms with Crippen molar-refractivity contribution in [1.82, 2.24) is 19.6 Å². The van der Waals surface area contributed by atoms with Crippen molar-refractivity contribution in [3.63, 3.8) is 0 Å². The Hall–Kier alpha value is -3.44. The fraction of sp³-hybridized carbons (Fsp3) is 0.200. The minimum atomic E-state index is -4.89. The van der Waals surface area contributed by atoms with Crippen molar-refractivity contribution in [2.75, 3.05) is 11.1 Å². The number of nitrogens with two attached hydrogens (primary N) is 1. The number of fused-ring (bicyclic) bond motifs is 1. The molecule has 12 heteroatoms. The molecule has 0 fully saturated rings. The van der Waals surface area contributed by atoms with Crippen molar-refractivity contribution in [3.8, 4) is 0 Å². The number of halogens is 4. The van der Waals surface area contributed by atoms with Gasteiger partial charge >= 0.3 is 12.1 Å². The van der Waals surface area contributed by atoms with Crippen LogP contribution in [0.25, 0.3) is 5.78 Å². The second-order valence-electron chi connectivity index (χ2n) is 5.62. The number of aliphatic carboxylic acids is 1. The van der Waals surface area contributed by atoms with Gasteiger partial charge in [0.05, 0.1) is 5.56 Å². The summed E-state index contributed by atoms with van der Waals surface area (Å²) in [6, 6.07) is 1.78. The lowest BCUT2D eigenvalue weighted by molar-refractivity contribution is -0.140. The predicted octanol–water partition coefficient (Wildman–Crippen LogP) is 2.41. The van der Waals surface area contributed by atoms with Crippen molar-refractivity contribution in [2.45, 2.75) is 19.1 Å². The highest BCUT2D eigenvalue weighted by Crippen LogP contribution is 2.33. The maximum atomic E-state index is 13.8. The molecule has 2 aromatic heterocycles. The molecule has 0 saturated heterocycles. The molecular weight excluding hydrogens is 372 g/mol. The highest BCUT2D eigenvalue weighted by atomic mass is 19.4. The largest absolute Gasteiger partial charge is 0.479 e. The fourth-order valence-corrected chi connectivity index (χ4v) is 2.48. The average molecular weight is 384 g/mol. The summed E-state index contributed by atoms with van der Waals surface area (Å²) in [7, 11) is 0. The van der Waals surface area contributed by atoms with Crippen molar-refractivity contribution in [1.29, 1.82) is 0 Å². The number of carboxylic acids is 1. The number of benzene rings is 1. The van der Waals surface area contributed by atoms with Crippen molar-refractivity contribution >= 4 is 23.5 Å². The molecule has 3 rings (SSSR count). The number of hydrogen-bond acceptors (Lipinski definition) is 6. The Labute approximate surface area is 148 Å². The molecule has 142 valence electrons. The van der Waals surface area contributed by atoms with Crippen LogP contribution >= 0.6 is 0 Å². The molecule has 0 radical (unpaired) electrons. The Morgan fingerprint density at radius 2 is 2.00 bits per heavy atom. The van der Waals surface area contributed by atoms with Gasteiger partial charge in [0.1, 0.15) is 11.6 Å². The third kappa shape index (κ3) is 3.59. The number of rotatable bonds is 4. The number of nitrogens with one attached hydrogen (secondary N) is 1. The number of carboxylic acid groups (broad SMARTS) is 1. The molecule has 0 aliphatic carbocycles. The van der Waals surface area contributed by atoms with E-state index in [1.165, 1.54) is 6.07 Å². The maximum absolute atomic E-state index is 13.8. The van der Waals surface area contributed by atoms with E-state index in [0.717, 1.165) is 10.6 Å². The van der Waals surface area contributed by atoms with Gasteiger partial charge < -0.3 is 16.2 Å². The Kier molecular flexibility index (Phi) is 4.33. The normalized spacial score (nSPS) is 12.9. The molecule has 3 aromatic rings. The standard InChI is InChI=1S/C15H12F4N6O2/c1-6-4-10(25-14(21-6)23-13(20)24-25)22-11(12(26)27)7-2-3-8(9(16)5-7)15(17,18)19/h2-5,11,22H,1H3,(H2,20,24)(H,26,27)/t11-/m1/s1. The molecule has 4 N–H and O–H groups in total. The molecule has 8 nitrogen and oxygen atoms in total. The van der Waals surface area contributed by atoms with Crippen LogP contribution in [0.3, 0.4) is 0 Å². The lowest BCUT2D eigenvalue weighted by Crippen LogP contribution is -2.23. The Morgan fingerprint density at radius 3 is 2.59 bits per heavy atom. The number of aryl methyl sites for hydroxylation is 1. The number of aromatic nitrogens is 4. The first-order valence-corrected chi connectivity index (χ1v) is 7.42. The van der Waals surface area contributed by atoms with Crippen LogP contribution in [-0.4, -0.2) is 30.7 Å². The molecule has 2 heterocycles. The van der Waals surface area contributed by atoms with Crippen LogP contribution in [0.2, 0.25) is 0 Å². The highest BCUT2D eigenvalue weighted by Gasteiger charge is 2.35. The zero-order chi connectivity index (χ0) is 19.9. The van der Waals surface area contributed by atoms with E-state index in [0.29, 0.717) is 17.8 Å². The minimum Gasteiger partial charge on any atom is -0.479 e. The zero-order valence-electron chi connectivity index (χ0n) is 13.6. The van der Waals surface area contributed by atoms with Crippen LogP contribution < -0.4 is 11.1 Å². The summed E-state index contributed by atoms with van der Waals surface area (Å²) in [5, 5.41) is 15.9. The second-order valence-corrected chi connectivity index (χ2v) is 5.62. The molecule has 0 aliphatic heterocycles. The molecule has 0 aliphatic rings. The van der Waals surface area contributed by atoms with Crippen LogP contribution in [0, 0.1) is 12.7 Å². The monoisotopic (exact) mass is 384 g/mol. The molecule has 0 spiro atoms. The van der Waals surface area contributed by atoms with Crippen LogP contribution in [-0.2, 0) is 11.0 Å². The van der Waals surface area contributed by atoms with Crippen LogP contribution in [0.15, 0.2) is 24.3 Å². The molecule has 0 unspecified atom stereocenters. The zero-order valence-corrected chi connectivity index (χ0v) is 13.6. The first-order chi connectivity index (χ1) is 12.6. The molecule has 0 bridgehead atoms. The number of hydrogen-bond donors (Lipinski definition) is 3. The number of nitrogen functional groups attached to an aromatic ring is 1. The first kappa shape index (κ1) is 18.4. The van der Waals surface area contributed by atoms with E-state index in [4.69, 9.17) is 5.73 Å². The summed E-state index contributed by atoms with van der Waals surface area (Å²) < 4.78 is 53.1. The van der Waals surface area contributed by atoms with E-state index >= 15 is 0 Å². The third-order valence-corrected chi connectivity index (χ3v) is 3.63. The summed E-state index contributed by atoms with van der Waals surface area (Å²) in [5.41, 5.74) is 4.26. The van der Waals surface area contributed by atoms with Gasteiger partial charge in [-0.3, -0.25) is 0 Å². The van der Waals surface area contributed by atoms with Gasteiger partial charge in [-0.05, 0) is 24.6 Å². The summed E-state index contributed by atoms with van der Waals surface area (Å²) in [6.07, 6.45) is -4.89. The topological polar surface area (TPSA) is 118 Å².